The highest BCUT2D eigenvalue weighted by Crippen LogP contribution is 2.19. The number of hydrogen-bond donors (Lipinski definition) is 3. The molecule has 0 aliphatic rings. The molecule has 0 unspecified atom stereocenters. The van der Waals surface area contributed by atoms with Gasteiger partial charge in [-0.05, 0) is 30.3 Å². The fraction of sp³-hybridized carbons (Fsp3) is 0. The first-order valence-corrected chi connectivity index (χ1v) is 4.97. The maximum absolute atomic E-state index is 11.0. The number of carbonyl (C=O) groups is 1. The summed E-state index contributed by atoms with van der Waals surface area (Å²) >= 11 is 0. The van der Waals surface area contributed by atoms with Crippen LogP contribution in [0.25, 0.3) is 0 Å². The second-order valence-electron chi connectivity index (χ2n) is 3.46. The molecular weight excluding hydrogens is 218 g/mol. The molecule has 0 saturated carbocycles. The topological polar surface area (TPSA) is 88.2 Å². The number of carboxylic acid groups (broad SMARTS) is 1. The van der Waals surface area contributed by atoms with Gasteiger partial charge >= 0.3 is 5.97 Å². The lowest BCUT2D eigenvalue weighted by Gasteiger charge is -2.08. The van der Waals surface area contributed by atoms with Crippen molar-refractivity contribution in [1.82, 2.24) is 4.98 Å². The number of nitrogens with zero attached hydrogens (tertiary/aromatic N) is 1. The lowest BCUT2D eigenvalue weighted by molar-refractivity contribution is 0.0697. The summed E-state index contributed by atoms with van der Waals surface area (Å²) in [6, 6.07) is 10.1. The van der Waals surface area contributed by atoms with E-state index in [-0.39, 0.29) is 5.56 Å². The molecule has 4 N–H and O–H groups in total. The molecule has 2 rings (SSSR count). The molecule has 5 nitrogen and oxygen atoms in total. The van der Waals surface area contributed by atoms with E-state index in [4.69, 9.17) is 10.8 Å². The van der Waals surface area contributed by atoms with Crippen LogP contribution in [0, 0.1) is 0 Å². The largest absolute Gasteiger partial charge is 0.478 e. The van der Waals surface area contributed by atoms with Crippen LogP contribution in [0.5, 0.6) is 0 Å². The Labute approximate surface area is 97.9 Å². The van der Waals surface area contributed by atoms with Gasteiger partial charge in [0.05, 0.1) is 0 Å². The smallest absolute Gasteiger partial charge is 0.339 e. The molecule has 0 spiro atoms. The van der Waals surface area contributed by atoms with E-state index >= 15 is 0 Å². The molecule has 0 atom stereocenters. The normalized spacial score (nSPS) is 9.88. The summed E-state index contributed by atoms with van der Waals surface area (Å²) in [7, 11) is 0. The Morgan fingerprint density at radius 1 is 1.29 bits per heavy atom. The van der Waals surface area contributed by atoms with E-state index in [1.54, 1.807) is 30.3 Å². The van der Waals surface area contributed by atoms with Crippen LogP contribution in [0.15, 0.2) is 42.6 Å². The zero-order valence-electron chi connectivity index (χ0n) is 8.92. The molecule has 5 heteroatoms. The van der Waals surface area contributed by atoms with Gasteiger partial charge in [0, 0.05) is 17.6 Å². The Balaban J connectivity index is 2.33. The summed E-state index contributed by atoms with van der Waals surface area (Å²) in [6.45, 7) is 0. The van der Waals surface area contributed by atoms with Crippen LogP contribution in [0.4, 0.5) is 17.2 Å². The molecule has 0 amide bonds. The third-order valence-corrected chi connectivity index (χ3v) is 2.19. The molecular formula is C12H11N3O2. The first-order valence-electron chi connectivity index (χ1n) is 4.97. The van der Waals surface area contributed by atoms with E-state index in [0.717, 1.165) is 0 Å². The van der Waals surface area contributed by atoms with Crippen molar-refractivity contribution in [2.75, 3.05) is 11.1 Å². The molecule has 0 saturated heterocycles. The van der Waals surface area contributed by atoms with Crippen molar-refractivity contribution in [2.24, 2.45) is 0 Å². The third-order valence-electron chi connectivity index (χ3n) is 2.19. The van der Waals surface area contributed by atoms with Gasteiger partial charge in [0.1, 0.15) is 11.4 Å². The minimum atomic E-state index is -1.02. The molecule has 1 aromatic carbocycles. The van der Waals surface area contributed by atoms with E-state index in [1.807, 2.05) is 0 Å². The summed E-state index contributed by atoms with van der Waals surface area (Å²) in [5.74, 6) is -0.727. The highest BCUT2D eigenvalue weighted by Gasteiger charge is 2.10. The molecule has 1 aromatic heterocycles. The molecule has 17 heavy (non-hydrogen) atoms. The number of carboxylic acids is 1. The molecule has 1 heterocycles. The van der Waals surface area contributed by atoms with Crippen LogP contribution in [0.2, 0.25) is 0 Å². The summed E-state index contributed by atoms with van der Waals surface area (Å²) in [4.78, 5) is 15.0. The number of hydrogen-bond acceptors (Lipinski definition) is 4. The Hall–Kier alpha value is -2.56. The van der Waals surface area contributed by atoms with E-state index in [1.165, 1.54) is 12.3 Å². The monoisotopic (exact) mass is 229 g/mol. The number of aromatic carboxylic acids is 1. The predicted octanol–water partition coefficient (Wildman–Crippen LogP) is 2.11. The number of nitrogens with one attached hydrogen (secondary N) is 1. The lowest BCUT2D eigenvalue weighted by atomic mass is 10.2. The van der Waals surface area contributed by atoms with Gasteiger partial charge in [-0.2, -0.15) is 0 Å². The van der Waals surface area contributed by atoms with Crippen LogP contribution < -0.4 is 11.1 Å². The highest BCUT2D eigenvalue weighted by atomic mass is 16.4. The Morgan fingerprint density at radius 2 is 2.12 bits per heavy atom. The van der Waals surface area contributed by atoms with Gasteiger partial charge in [-0.25, -0.2) is 9.78 Å². The molecule has 0 aliphatic carbocycles. The Bertz CT molecular complexity index is 555. The third kappa shape index (κ3) is 2.52. The number of pyridine rings is 1. The van der Waals surface area contributed by atoms with Crippen molar-refractivity contribution in [3.8, 4) is 0 Å². The summed E-state index contributed by atoms with van der Waals surface area (Å²) in [5.41, 5.74) is 7.05. The van der Waals surface area contributed by atoms with Crippen molar-refractivity contribution in [1.29, 1.82) is 0 Å². The maximum atomic E-state index is 11.0. The molecule has 0 bridgehead atoms. The number of benzene rings is 1. The van der Waals surface area contributed by atoms with Gasteiger partial charge in [0.25, 0.3) is 0 Å². The average Bonchev–Trinajstić information content (AvgIpc) is 2.29. The first-order chi connectivity index (χ1) is 8.16. The number of nitrogen functional groups attached to an aromatic ring is 1. The van der Waals surface area contributed by atoms with Gasteiger partial charge in [0.2, 0.25) is 0 Å². The minimum absolute atomic E-state index is 0.120. The molecule has 0 fully saturated rings. The van der Waals surface area contributed by atoms with Crippen LogP contribution in [-0.2, 0) is 0 Å². The average molecular weight is 229 g/mol. The van der Waals surface area contributed by atoms with Gasteiger partial charge in [-0.3, -0.25) is 0 Å². The number of aromatic nitrogens is 1. The quantitative estimate of drug-likeness (QED) is 0.701. The first kappa shape index (κ1) is 10.9. The number of rotatable bonds is 3. The van der Waals surface area contributed by atoms with Crippen LogP contribution in [0.3, 0.4) is 0 Å². The SMILES string of the molecule is Nc1cccc(Nc2ncccc2C(=O)O)c1. The minimum Gasteiger partial charge on any atom is -0.478 e. The van der Waals surface area contributed by atoms with Crippen molar-refractivity contribution in [2.45, 2.75) is 0 Å². The van der Waals surface area contributed by atoms with Gasteiger partial charge < -0.3 is 16.2 Å². The van der Waals surface area contributed by atoms with Crippen molar-refractivity contribution in [3.05, 3.63) is 48.2 Å². The molecule has 0 radical (unpaired) electrons. The Kier molecular flexibility index (Phi) is 2.91. The Morgan fingerprint density at radius 3 is 2.82 bits per heavy atom. The standard InChI is InChI=1S/C12H11N3O2/c13-8-3-1-4-9(7-8)15-11-10(12(16)17)5-2-6-14-11/h1-7H,13H2,(H,14,15)(H,16,17). The van der Waals surface area contributed by atoms with Crippen LogP contribution in [0.1, 0.15) is 10.4 Å². The van der Waals surface area contributed by atoms with Gasteiger partial charge in [0.15, 0.2) is 0 Å². The van der Waals surface area contributed by atoms with Crippen molar-refractivity contribution in [3.63, 3.8) is 0 Å². The highest BCUT2D eigenvalue weighted by molar-refractivity contribution is 5.93. The lowest BCUT2D eigenvalue weighted by Crippen LogP contribution is -2.04. The summed E-state index contributed by atoms with van der Waals surface area (Å²) in [5, 5.41) is 11.9. The second kappa shape index (κ2) is 4.52. The second-order valence-corrected chi connectivity index (χ2v) is 3.46. The van der Waals surface area contributed by atoms with Crippen molar-refractivity contribution >= 4 is 23.2 Å². The van der Waals surface area contributed by atoms with E-state index in [2.05, 4.69) is 10.3 Å². The zero-order chi connectivity index (χ0) is 12.3. The van der Waals surface area contributed by atoms with Crippen molar-refractivity contribution < 1.29 is 9.90 Å². The van der Waals surface area contributed by atoms with E-state index < -0.39 is 5.97 Å². The molecule has 0 aliphatic heterocycles. The fourth-order valence-electron chi connectivity index (χ4n) is 1.43. The molecule has 86 valence electrons. The van der Waals surface area contributed by atoms with Gasteiger partial charge in [-0.15, -0.1) is 0 Å². The summed E-state index contributed by atoms with van der Waals surface area (Å²) in [6.07, 6.45) is 1.53. The van der Waals surface area contributed by atoms with Crippen LogP contribution >= 0.6 is 0 Å². The number of nitrogens with two attached hydrogens (primary N) is 1. The van der Waals surface area contributed by atoms with E-state index in [9.17, 15) is 4.79 Å². The summed E-state index contributed by atoms with van der Waals surface area (Å²) < 4.78 is 0. The van der Waals surface area contributed by atoms with Gasteiger partial charge in [-0.1, -0.05) is 6.07 Å². The fourth-order valence-corrected chi connectivity index (χ4v) is 1.43. The van der Waals surface area contributed by atoms with Crippen LogP contribution in [-0.4, -0.2) is 16.1 Å². The maximum Gasteiger partial charge on any atom is 0.339 e. The molecule has 2 aromatic rings. The zero-order valence-corrected chi connectivity index (χ0v) is 8.92. The van der Waals surface area contributed by atoms with E-state index in [0.29, 0.717) is 17.2 Å². The number of anilines is 3. The predicted molar refractivity (Wildman–Crippen MR) is 65.3 cm³/mol.